The number of carbonyl (C=O) groups excluding carboxylic acids is 2. The predicted octanol–water partition coefficient (Wildman–Crippen LogP) is 5.18. The molecule has 2 N–H and O–H groups in total. The number of hydrogen-bond acceptors (Lipinski definition) is 5. The highest BCUT2D eigenvalue weighted by Crippen LogP contribution is 2.30. The minimum Gasteiger partial charge on any atom is -0.465 e. The maximum absolute atomic E-state index is 12.9. The normalized spacial score (nSPS) is 14.4. The van der Waals surface area contributed by atoms with E-state index in [1.807, 2.05) is 48.5 Å². The van der Waals surface area contributed by atoms with E-state index in [2.05, 4.69) is 0 Å². The predicted molar refractivity (Wildman–Crippen MR) is 124 cm³/mol. The Morgan fingerprint density at radius 1 is 1.03 bits per heavy atom. The molecule has 2 unspecified atom stereocenters. The molecule has 0 aliphatic rings. The molecule has 2 aromatic carbocycles. The molecule has 2 rings (SSSR count). The van der Waals surface area contributed by atoms with Gasteiger partial charge in [0.1, 0.15) is 11.1 Å². The zero-order chi connectivity index (χ0) is 23.2. The first-order valence-electron chi connectivity index (χ1n) is 10.5. The van der Waals surface area contributed by atoms with Crippen LogP contribution in [0.3, 0.4) is 0 Å². The third-order valence-electron chi connectivity index (χ3n) is 4.78. The Morgan fingerprint density at radius 3 is 2.23 bits per heavy atom. The Labute approximate surface area is 189 Å². The molecule has 0 saturated carbocycles. The van der Waals surface area contributed by atoms with Gasteiger partial charge in [0.25, 0.3) is 0 Å². The van der Waals surface area contributed by atoms with Gasteiger partial charge in [-0.1, -0.05) is 54.1 Å². The molecule has 0 heterocycles. The van der Waals surface area contributed by atoms with Gasteiger partial charge in [-0.15, -0.1) is 0 Å². The molecule has 0 aliphatic carbocycles. The summed E-state index contributed by atoms with van der Waals surface area (Å²) in [7, 11) is 0. The van der Waals surface area contributed by atoms with Crippen molar-refractivity contribution in [1.29, 1.82) is 0 Å². The summed E-state index contributed by atoms with van der Waals surface area (Å²) in [6, 6.07) is 15.7. The highest BCUT2D eigenvalue weighted by atomic mass is 35.5. The third kappa shape index (κ3) is 7.37. The van der Waals surface area contributed by atoms with E-state index in [9.17, 15) is 9.59 Å². The van der Waals surface area contributed by atoms with Crippen molar-refractivity contribution in [3.63, 3.8) is 0 Å². The van der Waals surface area contributed by atoms with E-state index in [1.165, 1.54) is 0 Å². The zero-order valence-corrected chi connectivity index (χ0v) is 19.7. The summed E-state index contributed by atoms with van der Waals surface area (Å²) in [5, 5.41) is 0.546. The third-order valence-corrected chi connectivity index (χ3v) is 5.13. The van der Waals surface area contributed by atoms with E-state index in [1.54, 1.807) is 34.6 Å². The van der Waals surface area contributed by atoms with Crippen molar-refractivity contribution in [3.8, 4) is 11.1 Å². The number of carbonyl (C=O) groups is 2. The lowest BCUT2D eigenvalue weighted by molar-refractivity contribution is -0.161. The lowest BCUT2D eigenvalue weighted by Gasteiger charge is -2.29. The maximum Gasteiger partial charge on any atom is 0.325 e. The number of halogens is 1. The van der Waals surface area contributed by atoms with Crippen molar-refractivity contribution in [2.45, 2.75) is 58.6 Å². The number of benzene rings is 2. The standard InChI is InChI=1S/C25H32ClNO4/c1-6-30-23(29)25(5,27)16-20(22(28)31-24(2,3)4)14-19-13-12-18(15-21(19)26)17-10-8-7-9-11-17/h7-13,15,20H,6,14,16,27H2,1-5H3. The average molecular weight is 446 g/mol. The topological polar surface area (TPSA) is 78.6 Å². The summed E-state index contributed by atoms with van der Waals surface area (Å²) in [5.41, 5.74) is 7.06. The van der Waals surface area contributed by atoms with Crippen molar-refractivity contribution in [1.82, 2.24) is 0 Å². The molecule has 0 aromatic heterocycles. The largest absolute Gasteiger partial charge is 0.465 e. The fourth-order valence-electron chi connectivity index (χ4n) is 3.30. The molecule has 0 saturated heterocycles. The van der Waals surface area contributed by atoms with Crippen LogP contribution in [0.1, 0.15) is 46.6 Å². The van der Waals surface area contributed by atoms with Crippen molar-refractivity contribution in [2.75, 3.05) is 6.61 Å². The van der Waals surface area contributed by atoms with Crippen LogP contribution in [-0.2, 0) is 25.5 Å². The SMILES string of the molecule is CCOC(=O)C(C)(N)CC(Cc1ccc(-c2ccccc2)cc1Cl)C(=O)OC(C)(C)C. The minimum absolute atomic E-state index is 0.0809. The van der Waals surface area contributed by atoms with Gasteiger partial charge < -0.3 is 15.2 Å². The summed E-state index contributed by atoms with van der Waals surface area (Å²) in [6.07, 6.45) is 0.381. The number of rotatable bonds is 8. The van der Waals surface area contributed by atoms with Gasteiger partial charge in [0.15, 0.2) is 0 Å². The average Bonchev–Trinajstić information content (AvgIpc) is 2.68. The van der Waals surface area contributed by atoms with Crippen molar-refractivity contribution in [3.05, 3.63) is 59.1 Å². The van der Waals surface area contributed by atoms with Crippen molar-refractivity contribution < 1.29 is 19.1 Å². The Morgan fingerprint density at radius 2 is 1.68 bits per heavy atom. The first-order chi connectivity index (χ1) is 14.4. The second-order valence-corrected chi connectivity index (χ2v) is 9.36. The van der Waals surface area contributed by atoms with E-state index in [0.717, 1.165) is 16.7 Å². The van der Waals surface area contributed by atoms with Gasteiger partial charge in [0.05, 0.1) is 12.5 Å². The molecular formula is C25H32ClNO4. The van der Waals surface area contributed by atoms with Gasteiger partial charge >= 0.3 is 11.9 Å². The highest BCUT2D eigenvalue weighted by Gasteiger charge is 2.37. The van der Waals surface area contributed by atoms with Crippen molar-refractivity contribution in [2.24, 2.45) is 11.7 Å². The highest BCUT2D eigenvalue weighted by molar-refractivity contribution is 6.31. The number of hydrogen-bond donors (Lipinski definition) is 1. The molecule has 31 heavy (non-hydrogen) atoms. The maximum atomic E-state index is 12.9. The molecule has 5 nitrogen and oxygen atoms in total. The fraction of sp³-hybridized carbons (Fsp3) is 0.440. The van der Waals surface area contributed by atoms with Crippen LogP contribution >= 0.6 is 11.6 Å². The summed E-state index contributed by atoms with van der Waals surface area (Å²) in [6.45, 7) is 8.91. The molecule has 0 spiro atoms. The number of ether oxygens (including phenoxy) is 2. The van der Waals surface area contributed by atoms with Crippen LogP contribution < -0.4 is 5.73 Å². The number of nitrogens with two attached hydrogens (primary N) is 1. The summed E-state index contributed by atoms with van der Waals surface area (Å²) >= 11 is 6.57. The molecule has 0 amide bonds. The Balaban J connectivity index is 2.30. The molecule has 2 atom stereocenters. The molecule has 168 valence electrons. The van der Waals surface area contributed by atoms with Gasteiger partial charge in [-0.3, -0.25) is 9.59 Å². The van der Waals surface area contributed by atoms with Gasteiger partial charge in [-0.2, -0.15) is 0 Å². The molecule has 6 heteroatoms. The molecule has 0 fully saturated rings. The first-order valence-corrected chi connectivity index (χ1v) is 10.8. The Hall–Kier alpha value is -2.37. The van der Waals surface area contributed by atoms with Gasteiger partial charge in [0.2, 0.25) is 0 Å². The van der Waals surface area contributed by atoms with Crippen LogP contribution in [-0.4, -0.2) is 29.7 Å². The lowest BCUT2D eigenvalue weighted by atomic mass is 9.85. The van der Waals surface area contributed by atoms with Crippen molar-refractivity contribution >= 4 is 23.5 Å². The molecule has 0 bridgehead atoms. The smallest absolute Gasteiger partial charge is 0.325 e. The second-order valence-electron chi connectivity index (χ2n) is 8.95. The van der Waals surface area contributed by atoms with Crippen LogP contribution in [0.2, 0.25) is 5.02 Å². The quantitative estimate of drug-likeness (QED) is 0.566. The zero-order valence-electron chi connectivity index (χ0n) is 18.9. The summed E-state index contributed by atoms with van der Waals surface area (Å²) < 4.78 is 10.7. The monoisotopic (exact) mass is 445 g/mol. The van der Waals surface area contributed by atoms with E-state index in [4.69, 9.17) is 26.8 Å². The van der Waals surface area contributed by atoms with Gasteiger partial charge in [0, 0.05) is 5.02 Å². The van der Waals surface area contributed by atoms with Crippen LogP contribution in [0.15, 0.2) is 48.5 Å². The van der Waals surface area contributed by atoms with Crippen LogP contribution in [0.4, 0.5) is 0 Å². The number of esters is 2. The van der Waals surface area contributed by atoms with Gasteiger partial charge in [-0.05, 0) is 70.2 Å². The minimum atomic E-state index is -1.33. The molecular weight excluding hydrogens is 414 g/mol. The van der Waals surface area contributed by atoms with E-state index in [0.29, 0.717) is 11.4 Å². The Kier molecular flexibility index (Phi) is 8.27. The Bertz CT molecular complexity index is 903. The van der Waals surface area contributed by atoms with E-state index < -0.39 is 29.0 Å². The van der Waals surface area contributed by atoms with Crippen LogP contribution in [0, 0.1) is 5.92 Å². The van der Waals surface area contributed by atoms with Crippen LogP contribution in [0.25, 0.3) is 11.1 Å². The van der Waals surface area contributed by atoms with E-state index >= 15 is 0 Å². The first kappa shape index (κ1) is 24.9. The second kappa shape index (κ2) is 10.3. The molecule has 2 aromatic rings. The van der Waals surface area contributed by atoms with Gasteiger partial charge in [-0.25, -0.2) is 0 Å². The molecule has 0 radical (unpaired) electrons. The fourth-order valence-corrected chi connectivity index (χ4v) is 3.56. The van der Waals surface area contributed by atoms with E-state index in [-0.39, 0.29) is 13.0 Å². The summed E-state index contributed by atoms with van der Waals surface area (Å²) in [5.74, 6) is -1.62. The van der Waals surface area contributed by atoms with Crippen LogP contribution in [0.5, 0.6) is 0 Å². The summed E-state index contributed by atoms with van der Waals surface area (Å²) in [4.78, 5) is 25.3. The lowest BCUT2D eigenvalue weighted by Crippen LogP contribution is -2.49. The molecule has 0 aliphatic heterocycles.